The monoisotopic (exact) mass is 181 g/mol. The van der Waals surface area contributed by atoms with E-state index in [1.54, 1.807) is 0 Å². The topological polar surface area (TPSA) is 15.9 Å². The molecule has 0 aliphatic heterocycles. The molecule has 1 rings (SSSR count). The van der Waals surface area contributed by atoms with Crippen LogP contribution >= 0.6 is 12.2 Å². The lowest BCUT2D eigenvalue weighted by Gasteiger charge is -1.98. The first kappa shape index (κ1) is 9.13. The minimum Gasteiger partial charge on any atom is -0.154 e. The van der Waals surface area contributed by atoms with Crippen LogP contribution in [0.4, 0.5) is 0 Å². The number of rotatable bonds is 2. The largest absolute Gasteiger partial charge is 0.200 e. The van der Waals surface area contributed by atoms with E-state index < -0.39 is 0 Å². The van der Waals surface area contributed by atoms with Gasteiger partial charge in [-0.05, 0) is 12.5 Å². The van der Waals surface area contributed by atoms with Crippen LogP contribution in [0.2, 0.25) is 0 Å². The predicted octanol–water partition coefficient (Wildman–Crippen LogP) is 1.56. The Hall–Kier alpha value is -0.960. The molecule has 0 saturated heterocycles. The van der Waals surface area contributed by atoms with Crippen molar-refractivity contribution in [2.75, 3.05) is 5.43 Å². The van der Waals surface area contributed by atoms with Crippen LogP contribution in [0.3, 0.4) is 0 Å². The number of hydrogen-bond donors (Lipinski definition) is 1. The summed E-state index contributed by atoms with van der Waals surface area (Å²) in [5.74, 6) is 0. The Kier molecular flexibility index (Phi) is 3.17. The number of nitrogens with one attached hydrogen (secondary N) is 1. The number of hydrogen-bond acceptors (Lipinski definition) is 1. The number of nitrogens with zero attached hydrogens (tertiary/aromatic N) is 1. The van der Waals surface area contributed by atoms with Crippen LogP contribution in [-0.2, 0) is 0 Å². The van der Waals surface area contributed by atoms with Gasteiger partial charge in [-0.1, -0.05) is 23.8 Å². The molecular weight excluding hydrogens is 168 g/mol. The average molecular weight is 181 g/mol. The average Bonchev–Trinajstić information content (AvgIpc) is 2.09. The summed E-state index contributed by atoms with van der Waals surface area (Å²) in [7, 11) is 0. The second-order valence-electron chi connectivity index (χ2n) is 2.67. The Labute approximate surface area is 78.2 Å². The molecule has 0 atom stereocenters. The zero-order valence-corrected chi connectivity index (χ0v) is 8.19. The second kappa shape index (κ2) is 4.16. The number of thiocarbonyl (C=S) groups is 1. The summed E-state index contributed by atoms with van der Waals surface area (Å²) in [6, 6.07) is 4.07. The van der Waals surface area contributed by atoms with Crippen molar-refractivity contribution in [2.45, 2.75) is 20.3 Å². The fraction of sp³-hybridized carbons (Fsp3) is 0.333. The van der Waals surface area contributed by atoms with Crippen LogP contribution in [0, 0.1) is 6.92 Å². The molecule has 0 aliphatic rings. The predicted molar refractivity (Wildman–Crippen MR) is 53.6 cm³/mol. The van der Waals surface area contributed by atoms with E-state index in [4.69, 9.17) is 12.2 Å². The lowest BCUT2D eigenvalue weighted by molar-refractivity contribution is -0.640. The molecule has 0 bridgehead atoms. The summed E-state index contributed by atoms with van der Waals surface area (Å²) in [5.41, 5.74) is 4.31. The van der Waals surface area contributed by atoms with Crippen molar-refractivity contribution in [3.8, 4) is 0 Å². The molecule has 0 spiro atoms. The van der Waals surface area contributed by atoms with Gasteiger partial charge in [-0.2, -0.15) is 5.43 Å². The number of aromatic nitrogens is 1. The number of aryl methyl sites for hydroxylation is 1. The van der Waals surface area contributed by atoms with Gasteiger partial charge in [0.2, 0.25) is 0 Å². The van der Waals surface area contributed by atoms with Gasteiger partial charge in [0, 0.05) is 18.6 Å². The molecule has 0 radical (unpaired) electrons. The van der Waals surface area contributed by atoms with Gasteiger partial charge in [0.15, 0.2) is 12.4 Å². The van der Waals surface area contributed by atoms with Gasteiger partial charge in [0.1, 0.15) is 4.99 Å². The maximum absolute atomic E-state index is 5.04. The van der Waals surface area contributed by atoms with Crippen molar-refractivity contribution in [2.24, 2.45) is 0 Å². The smallest absolute Gasteiger partial charge is 0.154 e. The fourth-order valence-corrected chi connectivity index (χ4v) is 0.904. The van der Waals surface area contributed by atoms with Crippen LogP contribution in [0.25, 0.3) is 0 Å². The molecule has 12 heavy (non-hydrogen) atoms. The van der Waals surface area contributed by atoms with Gasteiger partial charge >= 0.3 is 0 Å². The molecule has 1 aromatic heterocycles. The minimum absolute atomic E-state index is 0.851. The molecule has 0 saturated carbocycles. The third-order valence-corrected chi connectivity index (χ3v) is 1.95. The van der Waals surface area contributed by atoms with Crippen molar-refractivity contribution in [1.29, 1.82) is 0 Å². The third kappa shape index (κ3) is 2.58. The van der Waals surface area contributed by atoms with Gasteiger partial charge in [-0.3, -0.25) is 0 Å². The van der Waals surface area contributed by atoms with Crippen LogP contribution in [0.15, 0.2) is 24.5 Å². The third-order valence-electron chi connectivity index (χ3n) is 1.57. The van der Waals surface area contributed by atoms with Crippen molar-refractivity contribution in [1.82, 2.24) is 0 Å². The molecule has 0 aromatic carbocycles. The molecular formula is C9H13N2S+. The summed E-state index contributed by atoms with van der Waals surface area (Å²) in [6.07, 6.45) is 4.78. The van der Waals surface area contributed by atoms with Crippen molar-refractivity contribution in [3.63, 3.8) is 0 Å². The van der Waals surface area contributed by atoms with Gasteiger partial charge in [-0.15, -0.1) is 0 Å². The molecule has 2 nitrogen and oxygen atoms in total. The van der Waals surface area contributed by atoms with Gasteiger partial charge in [0.25, 0.3) is 0 Å². The van der Waals surface area contributed by atoms with E-state index in [0.29, 0.717) is 0 Å². The van der Waals surface area contributed by atoms with Crippen molar-refractivity contribution in [3.05, 3.63) is 30.1 Å². The summed E-state index contributed by atoms with van der Waals surface area (Å²) < 4.78 is 1.86. The Morgan fingerprint density at radius 3 is 2.58 bits per heavy atom. The maximum Gasteiger partial charge on any atom is 0.200 e. The van der Waals surface area contributed by atoms with E-state index >= 15 is 0 Å². The van der Waals surface area contributed by atoms with E-state index in [9.17, 15) is 0 Å². The fourth-order valence-electron chi connectivity index (χ4n) is 0.799. The standard InChI is InChI=1S/C9H12N2S/c1-3-9(12)10-11-6-4-8(2)5-7-11/h4-7H,3H2,1-2H3/p+1. The highest BCUT2D eigenvalue weighted by Gasteiger charge is 1.99. The van der Waals surface area contributed by atoms with Crippen molar-refractivity contribution < 1.29 is 4.68 Å². The Balaban J connectivity index is 2.64. The minimum atomic E-state index is 0.851. The van der Waals surface area contributed by atoms with Crippen molar-refractivity contribution >= 4 is 17.2 Å². The Morgan fingerprint density at radius 2 is 2.08 bits per heavy atom. The Morgan fingerprint density at radius 1 is 1.50 bits per heavy atom. The zero-order valence-electron chi connectivity index (χ0n) is 7.37. The van der Waals surface area contributed by atoms with E-state index in [1.807, 2.05) is 36.1 Å². The second-order valence-corrected chi connectivity index (χ2v) is 3.16. The molecule has 1 aromatic rings. The summed E-state index contributed by atoms with van der Waals surface area (Å²) >= 11 is 5.04. The lowest BCUT2D eigenvalue weighted by Crippen LogP contribution is -2.46. The van der Waals surface area contributed by atoms with Crippen LogP contribution in [0.1, 0.15) is 18.9 Å². The Bertz CT molecular complexity index is 266. The van der Waals surface area contributed by atoms with Crippen LogP contribution in [0.5, 0.6) is 0 Å². The quantitative estimate of drug-likeness (QED) is 0.550. The molecule has 3 heteroatoms. The summed E-state index contributed by atoms with van der Waals surface area (Å²) in [4.78, 5) is 0.851. The molecule has 0 aliphatic carbocycles. The van der Waals surface area contributed by atoms with Crippen LogP contribution in [-0.4, -0.2) is 4.99 Å². The zero-order chi connectivity index (χ0) is 8.97. The van der Waals surface area contributed by atoms with Crippen LogP contribution < -0.4 is 10.1 Å². The molecule has 0 fully saturated rings. The molecule has 1 N–H and O–H groups in total. The summed E-state index contributed by atoms with van der Waals surface area (Å²) in [6.45, 7) is 4.09. The first-order chi connectivity index (χ1) is 5.72. The normalized spacial score (nSPS) is 9.50. The van der Waals surface area contributed by atoms with Gasteiger partial charge in [0.05, 0.1) is 0 Å². The SMILES string of the molecule is CCC(=S)N[n+]1ccc(C)cc1. The highest BCUT2D eigenvalue weighted by Crippen LogP contribution is 1.89. The molecule has 0 amide bonds. The molecule has 1 heterocycles. The maximum atomic E-state index is 5.04. The first-order valence-electron chi connectivity index (χ1n) is 4.00. The van der Waals surface area contributed by atoms with E-state index in [1.165, 1.54) is 5.56 Å². The highest BCUT2D eigenvalue weighted by atomic mass is 32.1. The molecule has 0 unspecified atom stereocenters. The van der Waals surface area contributed by atoms with Gasteiger partial charge < -0.3 is 0 Å². The van der Waals surface area contributed by atoms with Gasteiger partial charge in [-0.25, -0.2) is 0 Å². The van der Waals surface area contributed by atoms with E-state index in [-0.39, 0.29) is 0 Å². The number of pyridine rings is 1. The summed E-state index contributed by atoms with van der Waals surface area (Å²) in [5, 5.41) is 0. The highest BCUT2D eigenvalue weighted by molar-refractivity contribution is 7.80. The molecule has 64 valence electrons. The van der Waals surface area contributed by atoms with E-state index in [0.717, 1.165) is 11.4 Å². The first-order valence-corrected chi connectivity index (χ1v) is 4.41. The lowest BCUT2D eigenvalue weighted by atomic mass is 10.3. The van der Waals surface area contributed by atoms with E-state index in [2.05, 4.69) is 12.3 Å².